The van der Waals surface area contributed by atoms with Gasteiger partial charge in [0.05, 0.1) is 0 Å². The lowest BCUT2D eigenvalue weighted by Crippen LogP contribution is -2.45. The molecule has 0 saturated heterocycles. The van der Waals surface area contributed by atoms with Gasteiger partial charge in [-0.2, -0.15) is 13.2 Å². The molecular formula is C13H25F3N2O. The Balaban J connectivity index is 4.67. The van der Waals surface area contributed by atoms with E-state index in [0.717, 1.165) is 4.90 Å². The van der Waals surface area contributed by atoms with Gasteiger partial charge in [0.2, 0.25) is 5.91 Å². The maximum Gasteiger partial charge on any atom is 0.406 e. The monoisotopic (exact) mass is 282 g/mol. The van der Waals surface area contributed by atoms with E-state index in [1.165, 1.54) is 0 Å². The number of carbonyl (C=O) groups is 1. The quantitative estimate of drug-likeness (QED) is 0.744. The first-order chi connectivity index (χ1) is 8.75. The van der Waals surface area contributed by atoms with E-state index in [0.29, 0.717) is 25.8 Å². The maximum atomic E-state index is 12.6. The molecule has 0 heterocycles. The highest BCUT2D eigenvalue weighted by Crippen LogP contribution is 2.21. The van der Waals surface area contributed by atoms with Crippen LogP contribution in [-0.2, 0) is 4.79 Å². The molecule has 19 heavy (non-hydrogen) atoms. The van der Waals surface area contributed by atoms with E-state index >= 15 is 0 Å². The lowest BCUT2D eigenvalue weighted by molar-refractivity contribution is -0.166. The smallest absolute Gasteiger partial charge is 0.331 e. The molecule has 0 bridgehead atoms. The van der Waals surface area contributed by atoms with Crippen molar-refractivity contribution in [3.8, 4) is 0 Å². The second-order valence-corrected chi connectivity index (χ2v) is 4.99. The zero-order valence-corrected chi connectivity index (χ0v) is 12.0. The molecule has 0 saturated carbocycles. The van der Waals surface area contributed by atoms with E-state index in [9.17, 15) is 18.0 Å². The number of carbonyl (C=O) groups excluding carboxylic acids is 1. The molecule has 0 aromatic carbocycles. The molecule has 0 aliphatic carbocycles. The van der Waals surface area contributed by atoms with Crippen molar-refractivity contribution in [2.75, 3.05) is 13.1 Å². The van der Waals surface area contributed by atoms with E-state index in [2.05, 4.69) is 0 Å². The number of hydrogen-bond donors (Lipinski definition) is 1. The van der Waals surface area contributed by atoms with Crippen molar-refractivity contribution < 1.29 is 18.0 Å². The summed E-state index contributed by atoms with van der Waals surface area (Å²) in [5, 5.41) is 0. The summed E-state index contributed by atoms with van der Waals surface area (Å²) in [4.78, 5) is 13.0. The summed E-state index contributed by atoms with van der Waals surface area (Å²) in [6, 6.07) is -0.345. The van der Waals surface area contributed by atoms with Crippen LogP contribution in [0.1, 0.15) is 46.5 Å². The molecule has 6 heteroatoms. The highest BCUT2D eigenvalue weighted by molar-refractivity contribution is 5.76. The maximum absolute atomic E-state index is 12.6. The first-order valence-electron chi connectivity index (χ1n) is 6.81. The minimum absolute atomic E-state index is 0.130. The summed E-state index contributed by atoms with van der Waals surface area (Å²) in [6.07, 6.45) is -2.62. The summed E-state index contributed by atoms with van der Waals surface area (Å²) >= 11 is 0. The molecule has 0 aromatic heterocycles. The second kappa shape index (κ2) is 8.40. The van der Waals surface area contributed by atoms with Crippen LogP contribution in [0, 0.1) is 5.92 Å². The fraction of sp³-hybridized carbons (Fsp3) is 0.923. The Hall–Kier alpha value is -0.780. The van der Waals surface area contributed by atoms with E-state index in [1.54, 1.807) is 13.8 Å². The molecule has 3 nitrogen and oxygen atoms in total. The first-order valence-corrected chi connectivity index (χ1v) is 6.81. The molecule has 0 spiro atoms. The fourth-order valence-electron chi connectivity index (χ4n) is 1.97. The van der Waals surface area contributed by atoms with E-state index in [1.807, 2.05) is 6.92 Å². The molecule has 0 aliphatic rings. The largest absolute Gasteiger partial charge is 0.406 e. The van der Waals surface area contributed by atoms with Crippen LogP contribution in [0.3, 0.4) is 0 Å². The summed E-state index contributed by atoms with van der Waals surface area (Å²) in [7, 11) is 0. The van der Waals surface area contributed by atoms with Crippen molar-refractivity contribution in [2.45, 2.75) is 58.7 Å². The molecule has 0 aliphatic heterocycles. The molecule has 0 fully saturated rings. The minimum Gasteiger partial charge on any atom is -0.331 e. The van der Waals surface area contributed by atoms with Gasteiger partial charge in [0.15, 0.2) is 0 Å². The average Bonchev–Trinajstić information content (AvgIpc) is 2.34. The zero-order valence-electron chi connectivity index (χ0n) is 12.0. The second-order valence-electron chi connectivity index (χ2n) is 4.99. The molecule has 0 rings (SSSR count). The average molecular weight is 282 g/mol. The molecule has 0 radical (unpaired) electrons. The summed E-state index contributed by atoms with van der Waals surface area (Å²) in [6.45, 7) is 4.77. The predicted octanol–water partition coefficient (Wildman–Crippen LogP) is 2.94. The Labute approximate surface area is 113 Å². The lowest BCUT2D eigenvalue weighted by Gasteiger charge is -2.31. The van der Waals surface area contributed by atoms with Crippen LogP contribution >= 0.6 is 0 Å². The number of nitrogens with zero attached hydrogens (tertiary/aromatic N) is 1. The molecule has 1 amide bonds. The Morgan fingerprint density at radius 1 is 1.26 bits per heavy atom. The summed E-state index contributed by atoms with van der Waals surface area (Å²) < 4.78 is 37.7. The number of nitrogens with two attached hydrogens (primary N) is 1. The number of rotatable bonds is 8. The number of alkyl halides is 3. The summed E-state index contributed by atoms with van der Waals surface area (Å²) in [5.74, 6) is -0.273. The van der Waals surface area contributed by atoms with E-state index < -0.39 is 18.6 Å². The van der Waals surface area contributed by atoms with E-state index in [4.69, 9.17) is 5.73 Å². The van der Waals surface area contributed by atoms with Crippen molar-refractivity contribution in [1.82, 2.24) is 4.90 Å². The van der Waals surface area contributed by atoms with Crippen LogP contribution in [0.5, 0.6) is 0 Å². The van der Waals surface area contributed by atoms with Gasteiger partial charge in [-0.1, -0.05) is 20.8 Å². The van der Waals surface area contributed by atoms with Crippen LogP contribution in [0.4, 0.5) is 13.2 Å². The first kappa shape index (κ1) is 18.2. The van der Waals surface area contributed by atoms with Crippen LogP contribution in [-0.4, -0.2) is 36.1 Å². The van der Waals surface area contributed by atoms with Gasteiger partial charge >= 0.3 is 6.18 Å². The number of amides is 1. The topological polar surface area (TPSA) is 46.3 Å². The molecule has 0 aromatic rings. The van der Waals surface area contributed by atoms with E-state index in [-0.39, 0.29) is 18.4 Å². The third kappa shape index (κ3) is 7.40. The lowest BCUT2D eigenvalue weighted by atomic mass is 10.0. The highest BCUT2D eigenvalue weighted by Gasteiger charge is 2.35. The Kier molecular flexibility index (Phi) is 8.06. The van der Waals surface area contributed by atoms with Crippen LogP contribution in [0.15, 0.2) is 0 Å². The van der Waals surface area contributed by atoms with Crippen LogP contribution in [0.2, 0.25) is 0 Å². The van der Waals surface area contributed by atoms with Crippen molar-refractivity contribution in [2.24, 2.45) is 11.7 Å². The molecule has 2 N–H and O–H groups in total. The molecule has 1 atom stereocenters. The molecular weight excluding hydrogens is 257 g/mol. The SMILES string of the molecule is CCC(CC)N(CC(F)(F)F)C(=O)CCC(C)CN. The van der Waals surface area contributed by atoms with Gasteiger partial charge in [-0.05, 0) is 31.7 Å². The van der Waals surface area contributed by atoms with Crippen LogP contribution in [0.25, 0.3) is 0 Å². The standard InChI is InChI=1S/C13H25F3N2O/c1-4-11(5-2)18(9-13(14,15)16)12(19)7-6-10(3)8-17/h10-11H,4-9,17H2,1-3H3. The Morgan fingerprint density at radius 3 is 2.16 bits per heavy atom. The normalized spacial score (nSPS) is 13.7. The van der Waals surface area contributed by atoms with Crippen molar-refractivity contribution in [1.29, 1.82) is 0 Å². The van der Waals surface area contributed by atoms with Gasteiger partial charge in [-0.15, -0.1) is 0 Å². The van der Waals surface area contributed by atoms with Crippen LogP contribution < -0.4 is 5.73 Å². The van der Waals surface area contributed by atoms with Gasteiger partial charge in [-0.25, -0.2) is 0 Å². The third-order valence-corrected chi connectivity index (χ3v) is 3.31. The summed E-state index contributed by atoms with van der Waals surface area (Å²) in [5.41, 5.74) is 5.44. The Morgan fingerprint density at radius 2 is 1.79 bits per heavy atom. The number of halogens is 3. The number of hydrogen-bond acceptors (Lipinski definition) is 2. The zero-order chi connectivity index (χ0) is 15.1. The predicted molar refractivity (Wildman–Crippen MR) is 69.6 cm³/mol. The van der Waals surface area contributed by atoms with Crippen molar-refractivity contribution in [3.05, 3.63) is 0 Å². The van der Waals surface area contributed by atoms with Crippen molar-refractivity contribution >= 4 is 5.91 Å². The van der Waals surface area contributed by atoms with Gasteiger partial charge in [-0.3, -0.25) is 4.79 Å². The Bertz CT molecular complexity index is 265. The minimum atomic E-state index is -4.35. The third-order valence-electron chi connectivity index (χ3n) is 3.31. The molecule has 1 unspecified atom stereocenters. The van der Waals surface area contributed by atoms with Crippen molar-refractivity contribution in [3.63, 3.8) is 0 Å². The molecule has 114 valence electrons. The highest BCUT2D eigenvalue weighted by atomic mass is 19.4. The van der Waals surface area contributed by atoms with Gasteiger partial charge in [0.1, 0.15) is 6.54 Å². The van der Waals surface area contributed by atoms with Gasteiger partial charge in [0.25, 0.3) is 0 Å². The van der Waals surface area contributed by atoms with Gasteiger partial charge < -0.3 is 10.6 Å². The van der Waals surface area contributed by atoms with Gasteiger partial charge in [0, 0.05) is 12.5 Å². The fourth-order valence-corrected chi connectivity index (χ4v) is 1.97.